The standard InChI is InChI=1S/C48H28O2/c1-4-14-34-29(10-1)13-9-19-35(34)32-22-24-40-41(26-32)47(44-27-33-21-20-31-12-3-6-16-37(31)48(33)50-44)39-18-8-7-17-38(39)45(40)42-28-49-43-25-23-30-11-2-5-15-36(30)46(42)43/h1-28H. The molecule has 2 aromatic heterocycles. The maximum absolute atomic E-state index is 6.94. The molecular weight excluding hydrogens is 609 g/mol. The van der Waals surface area contributed by atoms with Crippen LogP contribution < -0.4 is 0 Å². The van der Waals surface area contributed by atoms with E-state index in [-0.39, 0.29) is 0 Å². The van der Waals surface area contributed by atoms with Crippen molar-refractivity contribution in [2.24, 2.45) is 0 Å². The zero-order valence-corrected chi connectivity index (χ0v) is 27.0. The predicted octanol–water partition coefficient (Wildman–Crippen LogP) is 13.9. The fraction of sp³-hybridized carbons (Fsp3) is 0. The molecule has 232 valence electrons. The molecule has 2 heteroatoms. The number of hydrogen-bond acceptors (Lipinski definition) is 2. The molecule has 2 nitrogen and oxygen atoms in total. The molecule has 11 aromatic rings. The molecule has 0 fully saturated rings. The summed E-state index contributed by atoms with van der Waals surface area (Å²) in [7, 11) is 0. The molecule has 9 aromatic carbocycles. The molecule has 0 N–H and O–H groups in total. The molecule has 0 aliphatic carbocycles. The molecule has 50 heavy (non-hydrogen) atoms. The average molecular weight is 637 g/mol. The van der Waals surface area contributed by atoms with Crippen LogP contribution >= 0.6 is 0 Å². The number of benzene rings is 9. The van der Waals surface area contributed by atoms with Crippen molar-refractivity contribution in [2.45, 2.75) is 0 Å². The Morgan fingerprint density at radius 1 is 0.360 bits per heavy atom. The monoisotopic (exact) mass is 636 g/mol. The van der Waals surface area contributed by atoms with Crippen LogP contribution in [0.5, 0.6) is 0 Å². The zero-order valence-electron chi connectivity index (χ0n) is 27.0. The van der Waals surface area contributed by atoms with E-state index >= 15 is 0 Å². The van der Waals surface area contributed by atoms with E-state index < -0.39 is 0 Å². The Labute approximate surface area is 287 Å². The van der Waals surface area contributed by atoms with Crippen LogP contribution in [0.2, 0.25) is 0 Å². The first-order valence-corrected chi connectivity index (χ1v) is 17.1. The topological polar surface area (TPSA) is 26.3 Å². The van der Waals surface area contributed by atoms with Crippen LogP contribution in [0.1, 0.15) is 0 Å². The van der Waals surface area contributed by atoms with Crippen LogP contribution in [0.4, 0.5) is 0 Å². The van der Waals surface area contributed by atoms with Crippen molar-refractivity contribution in [3.05, 3.63) is 170 Å². The molecule has 0 aliphatic rings. The van der Waals surface area contributed by atoms with Crippen molar-refractivity contribution < 1.29 is 8.83 Å². The second-order valence-corrected chi connectivity index (χ2v) is 13.2. The molecule has 0 atom stereocenters. The molecule has 11 rings (SSSR count). The van der Waals surface area contributed by atoms with Crippen LogP contribution in [0.15, 0.2) is 179 Å². The van der Waals surface area contributed by atoms with Gasteiger partial charge in [0.1, 0.15) is 16.9 Å². The molecule has 0 radical (unpaired) electrons. The summed E-state index contributed by atoms with van der Waals surface area (Å²) in [5.74, 6) is 0.863. The number of hydrogen-bond donors (Lipinski definition) is 0. The highest BCUT2D eigenvalue weighted by molar-refractivity contribution is 6.26. The minimum atomic E-state index is 0.863. The lowest BCUT2D eigenvalue weighted by molar-refractivity contribution is 0.617. The van der Waals surface area contributed by atoms with Gasteiger partial charge in [-0.25, -0.2) is 0 Å². The van der Waals surface area contributed by atoms with Gasteiger partial charge in [-0.3, -0.25) is 0 Å². The summed E-state index contributed by atoms with van der Waals surface area (Å²) in [5.41, 5.74) is 7.54. The van der Waals surface area contributed by atoms with Gasteiger partial charge in [-0.2, -0.15) is 0 Å². The van der Waals surface area contributed by atoms with Crippen LogP contribution in [-0.2, 0) is 0 Å². The van der Waals surface area contributed by atoms with Crippen molar-refractivity contribution in [2.75, 3.05) is 0 Å². The Bertz CT molecular complexity index is 3150. The first-order valence-electron chi connectivity index (χ1n) is 17.1. The third-order valence-electron chi connectivity index (χ3n) is 10.5. The summed E-state index contributed by atoms with van der Waals surface area (Å²) < 4.78 is 13.3. The van der Waals surface area contributed by atoms with Gasteiger partial charge in [0.15, 0.2) is 0 Å². The highest BCUT2D eigenvalue weighted by Crippen LogP contribution is 2.49. The van der Waals surface area contributed by atoms with Gasteiger partial charge in [0.25, 0.3) is 0 Å². The maximum Gasteiger partial charge on any atom is 0.142 e. The third kappa shape index (κ3) is 3.90. The van der Waals surface area contributed by atoms with E-state index in [1.165, 1.54) is 43.6 Å². The number of fused-ring (bicyclic) bond motifs is 9. The van der Waals surface area contributed by atoms with Crippen molar-refractivity contribution in [3.63, 3.8) is 0 Å². The Morgan fingerprint density at radius 2 is 0.960 bits per heavy atom. The fourth-order valence-corrected chi connectivity index (χ4v) is 8.26. The molecule has 0 aliphatic heterocycles. The SMILES string of the molecule is c1ccc2c(-c3ccc4c(-c5coc6ccc7ccccc7c56)c5ccccc5c(-c5cc6ccc7ccccc7c6o5)c4c3)cccc2c1. The second-order valence-electron chi connectivity index (χ2n) is 13.2. The average Bonchev–Trinajstić information content (AvgIpc) is 3.82. The Balaban J connectivity index is 1.30. The van der Waals surface area contributed by atoms with Gasteiger partial charge in [0, 0.05) is 32.8 Å². The first-order chi connectivity index (χ1) is 24.8. The highest BCUT2D eigenvalue weighted by atomic mass is 16.3. The van der Waals surface area contributed by atoms with Crippen molar-refractivity contribution in [1.29, 1.82) is 0 Å². The lowest BCUT2D eigenvalue weighted by atomic mass is 9.85. The van der Waals surface area contributed by atoms with Gasteiger partial charge in [-0.1, -0.05) is 146 Å². The van der Waals surface area contributed by atoms with Gasteiger partial charge >= 0.3 is 0 Å². The quantitative estimate of drug-likeness (QED) is 0.180. The summed E-state index contributed by atoms with van der Waals surface area (Å²) in [5, 5.41) is 14.0. The van der Waals surface area contributed by atoms with Gasteiger partial charge in [-0.15, -0.1) is 0 Å². The van der Waals surface area contributed by atoms with Crippen molar-refractivity contribution in [3.8, 4) is 33.6 Å². The van der Waals surface area contributed by atoms with Gasteiger partial charge < -0.3 is 8.83 Å². The molecule has 0 spiro atoms. The zero-order chi connectivity index (χ0) is 32.8. The lowest BCUT2D eigenvalue weighted by Crippen LogP contribution is -1.91. The first kappa shape index (κ1) is 27.3. The van der Waals surface area contributed by atoms with E-state index in [0.29, 0.717) is 0 Å². The van der Waals surface area contributed by atoms with E-state index in [4.69, 9.17) is 8.83 Å². The predicted molar refractivity (Wildman–Crippen MR) is 210 cm³/mol. The Hall–Kier alpha value is -6.64. The minimum Gasteiger partial charge on any atom is -0.464 e. The van der Waals surface area contributed by atoms with Gasteiger partial charge in [0.2, 0.25) is 0 Å². The number of furan rings is 2. The fourth-order valence-electron chi connectivity index (χ4n) is 8.26. The molecule has 0 saturated heterocycles. The van der Waals surface area contributed by atoms with Crippen LogP contribution in [0.3, 0.4) is 0 Å². The maximum atomic E-state index is 6.94. The highest BCUT2D eigenvalue weighted by Gasteiger charge is 2.23. The van der Waals surface area contributed by atoms with E-state index in [0.717, 1.165) is 65.8 Å². The smallest absolute Gasteiger partial charge is 0.142 e. The summed E-state index contributed by atoms with van der Waals surface area (Å²) in [6.07, 6.45) is 1.95. The molecule has 0 saturated carbocycles. The molecular formula is C48H28O2. The van der Waals surface area contributed by atoms with Crippen LogP contribution in [0.25, 0.3) is 109 Å². The summed E-state index contributed by atoms with van der Waals surface area (Å²) in [4.78, 5) is 0. The molecule has 0 amide bonds. The van der Waals surface area contributed by atoms with E-state index in [2.05, 4.69) is 164 Å². The lowest BCUT2D eigenvalue weighted by Gasteiger charge is -2.17. The van der Waals surface area contributed by atoms with Gasteiger partial charge in [-0.05, 0) is 77.8 Å². The van der Waals surface area contributed by atoms with Crippen molar-refractivity contribution >= 4 is 75.8 Å². The number of rotatable bonds is 3. The second kappa shape index (κ2) is 10.4. The molecule has 0 unspecified atom stereocenters. The minimum absolute atomic E-state index is 0.863. The normalized spacial score (nSPS) is 12.0. The van der Waals surface area contributed by atoms with Crippen molar-refractivity contribution in [1.82, 2.24) is 0 Å². The summed E-state index contributed by atoms with van der Waals surface area (Å²) in [6.45, 7) is 0. The molecule has 2 heterocycles. The van der Waals surface area contributed by atoms with Crippen LogP contribution in [0, 0.1) is 0 Å². The van der Waals surface area contributed by atoms with E-state index in [9.17, 15) is 0 Å². The summed E-state index contributed by atoms with van der Waals surface area (Å²) >= 11 is 0. The Morgan fingerprint density at radius 3 is 1.78 bits per heavy atom. The largest absolute Gasteiger partial charge is 0.464 e. The van der Waals surface area contributed by atoms with Gasteiger partial charge in [0.05, 0.1) is 6.26 Å². The van der Waals surface area contributed by atoms with E-state index in [1.807, 2.05) is 6.26 Å². The molecule has 0 bridgehead atoms. The Kier molecular flexibility index (Phi) is 5.70. The van der Waals surface area contributed by atoms with Crippen LogP contribution in [-0.4, -0.2) is 0 Å². The van der Waals surface area contributed by atoms with E-state index in [1.54, 1.807) is 0 Å². The summed E-state index contributed by atoms with van der Waals surface area (Å²) in [6, 6.07) is 58.8. The third-order valence-corrected chi connectivity index (χ3v) is 10.5.